The molecule has 0 N–H and O–H groups in total. The molecule has 1 saturated heterocycles. The molecule has 0 aliphatic carbocycles. The number of para-hydroxylation sites is 1. The van der Waals surface area contributed by atoms with Gasteiger partial charge in [-0.15, -0.1) is 0 Å². The highest BCUT2D eigenvalue weighted by molar-refractivity contribution is 5.21. The number of ether oxygens (including phenoxy) is 2. The van der Waals surface area contributed by atoms with Gasteiger partial charge in [0.2, 0.25) is 6.29 Å². The molecule has 2 heteroatoms. The molecular formula is C11H14O2. The Morgan fingerprint density at radius 1 is 1.31 bits per heavy atom. The SMILES string of the molecule is CC1(C)COC1Oc1ccccc1. The van der Waals surface area contributed by atoms with Crippen molar-refractivity contribution in [1.82, 2.24) is 0 Å². The van der Waals surface area contributed by atoms with Crippen molar-refractivity contribution in [2.75, 3.05) is 6.61 Å². The normalized spacial score (nSPS) is 24.9. The maximum Gasteiger partial charge on any atom is 0.207 e. The van der Waals surface area contributed by atoms with Gasteiger partial charge in [0, 0.05) is 0 Å². The Balaban J connectivity index is 2.00. The second kappa shape index (κ2) is 3.04. The van der Waals surface area contributed by atoms with Crippen molar-refractivity contribution in [2.45, 2.75) is 20.1 Å². The average molecular weight is 178 g/mol. The number of rotatable bonds is 2. The zero-order valence-electron chi connectivity index (χ0n) is 7.99. The summed E-state index contributed by atoms with van der Waals surface area (Å²) in [5.41, 5.74) is 0.149. The maximum atomic E-state index is 5.64. The molecule has 1 aromatic rings. The molecule has 0 amide bonds. The van der Waals surface area contributed by atoms with Crippen molar-refractivity contribution in [3.05, 3.63) is 30.3 Å². The molecule has 1 heterocycles. The summed E-state index contributed by atoms with van der Waals surface area (Å²) in [4.78, 5) is 0. The van der Waals surface area contributed by atoms with Crippen LogP contribution in [0.2, 0.25) is 0 Å². The number of benzene rings is 1. The fourth-order valence-corrected chi connectivity index (χ4v) is 1.30. The molecule has 2 rings (SSSR count). The van der Waals surface area contributed by atoms with E-state index < -0.39 is 0 Å². The van der Waals surface area contributed by atoms with Gasteiger partial charge in [0.15, 0.2) is 0 Å². The summed E-state index contributed by atoms with van der Waals surface area (Å²) in [7, 11) is 0. The molecule has 0 aromatic heterocycles. The van der Waals surface area contributed by atoms with Gasteiger partial charge in [-0.2, -0.15) is 0 Å². The van der Waals surface area contributed by atoms with E-state index >= 15 is 0 Å². The summed E-state index contributed by atoms with van der Waals surface area (Å²) in [5, 5.41) is 0. The third-order valence-electron chi connectivity index (χ3n) is 2.23. The third-order valence-corrected chi connectivity index (χ3v) is 2.23. The summed E-state index contributed by atoms with van der Waals surface area (Å²) in [6, 6.07) is 9.77. The van der Waals surface area contributed by atoms with Crippen LogP contribution in [0.25, 0.3) is 0 Å². The smallest absolute Gasteiger partial charge is 0.207 e. The summed E-state index contributed by atoms with van der Waals surface area (Å²) in [6.07, 6.45) is -0.0881. The van der Waals surface area contributed by atoms with Crippen LogP contribution in [0.3, 0.4) is 0 Å². The van der Waals surface area contributed by atoms with E-state index in [1.807, 2.05) is 30.3 Å². The first kappa shape index (κ1) is 8.57. The number of hydrogen-bond acceptors (Lipinski definition) is 2. The highest BCUT2D eigenvalue weighted by Crippen LogP contribution is 2.35. The lowest BCUT2D eigenvalue weighted by Gasteiger charge is -2.43. The van der Waals surface area contributed by atoms with Gasteiger partial charge in [0.05, 0.1) is 12.0 Å². The van der Waals surface area contributed by atoms with E-state index in [9.17, 15) is 0 Å². The van der Waals surface area contributed by atoms with Crippen LogP contribution in [0.1, 0.15) is 13.8 Å². The van der Waals surface area contributed by atoms with E-state index in [0.717, 1.165) is 12.4 Å². The van der Waals surface area contributed by atoms with Gasteiger partial charge in [-0.3, -0.25) is 0 Å². The molecule has 70 valence electrons. The molecule has 1 aliphatic heterocycles. The zero-order chi connectivity index (χ0) is 9.31. The van der Waals surface area contributed by atoms with Crippen molar-refractivity contribution < 1.29 is 9.47 Å². The first-order valence-electron chi connectivity index (χ1n) is 4.52. The van der Waals surface area contributed by atoms with E-state index in [-0.39, 0.29) is 11.7 Å². The van der Waals surface area contributed by atoms with Crippen LogP contribution in [0.4, 0.5) is 0 Å². The highest BCUT2D eigenvalue weighted by atomic mass is 16.7. The fraction of sp³-hybridized carbons (Fsp3) is 0.455. The van der Waals surface area contributed by atoms with Gasteiger partial charge in [-0.05, 0) is 12.1 Å². The average Bonchev–Trinajstić information content (AvgIpc) is 2.15. The van der Waals surface area contributed by atoms with Crippen molar-refractivity contribution in [3.63, 3.8) is 0 Å². The minimum absolute atomic E-state index is 0.0881. The molecular weight excluding hydrogens is 164 g/mol. The van der Waals surface area contributed by atoms with E-state index in [4.69, 9.17) is 9.47 Å². The molecule has 1 unspecified atom stereocenters. The summed E-state index contributed by atoms with van der Waals surface area (Å²) >= 11 is 0. The predicted molar refractivity (Wildman–Crippen MR) is 50.6 cm³/mol. The van der Waals surface area contributed by atoms with Gasteiger partial charge < -0.3 is 9.47 Å². The Morgan fingerprint density at radius 3 is 2.46 bits per heavy atom. The molecule has 1 aromatic carbocycles. The molecule has 0 radical (unpaired) electrons. The predicted octanol–water partition coefficient (Wildman–Crippen LogP) is 2.45. The van der Waals surface area contributed by atoms with Crippen molar-refractivity contribution in [3.8, 4) is 5.75 Å². The van der Waals surface area contributed by atoms with Crippen LogP contribution in [-0.2, 0) is 4.74 Å². The molecule has 0 spiro atoms. The van der Waals surface area contributed by atoms with Gasteiger partial charge in [-0.25, -0.2) is 0 Å². The summed E-state index contributed by atoms with van der Waals surface area (Å²) in [5.74, 6) is 0.875. The lowest BCUT2D eigenvalue weighted by molar-refractivity contribution is -0.259. The summed E-state index contributed by atoms with van der Waals surface area (Å²) < 4.78 is 11.0. The zero-order valence-corrected chi connectivity index (χ0v) is 7.99. The number of hydrogen-bond donors (Lipinski definition) is 0. The largest absolute Gasteiger partial charge is 0.464 e. The second-order valence-corrected chi connectivity index (χ2v) is 4.06. The molecule has 1 fully saturated rings. The lowest BCUT2D eigenvalue weighted by Crippen LogP contribution is -2.51. The minimum Gasteiger partial charge on any atom is -0.464 e. The molecule has 13 heavy (non-hydrogen) atoms. The van der Waals surface area contributed by atoms with Crippen molar-refractivity contribution >= 4 is 0 Å². The molecule has 1 atom stereocenters. The molecule has 0 bridgehead atoms. The maximum absolute atomic E-state index is 5.64. The van der Waals surface area contributed by atoms with Crippen LogP contribution in [0.15, 0.2) is 30.3 Å². The molecule has 1 aliphatic rings. The Hall–Kier alpha value is -1.02. The minimum atomic E-state index is -0.0881. The van der Waals surface area contributed by atoms with Gasteiger partial charge in [-0.1, -0.05) is 32.0 Å². The lowest BCUT2D eigenvalue weighted by atomic mass is 9.89. The highest BCUT2D eigenvalue weighted by Gasteiger charge is 2.42. The van der Waals surface area contributed by atoms with E-state index in [2.05, 4.69) is 13.8 Å². The Kier molecular flexibility index (Phi) is 2.00. The van der Waals surface area contributed by atoms with E-state index in [1.54, 1.807) is 0 Å². The second-order valence-electron chi connectivity index (χ2n) is 4.06. The van der Waals surface area contributed by atoms with Crippen molar-refractivity contribution in [2.24, 2.45) is 5.41 Å². The van der Waals surface area contributed by atoms with Gasteiger partial charge in [0.25, 0.3) is 0 Å². The quantitative estimate of drug-likeness (QED) is 0.692. The Morgan fingerprint density at radius 2 is 2.00 bits per heavy atom. The van der Waals surface area contributed by atoms with Crippen LogP contribution >= 0.6 is 0 Å². The Bertz CT molecular complexity index is 279. The van der Waals surface area contributed by atoms with Gasteiger partial charge in [0.1, 0.15) is 5.75 Å². The molecule has 2 nitrogen and oxygen atoms in total. The van der Waals surface area contributed by atoms with E-state index in [0.29, 0.717) is 0 Å². The first-order chi connectivity index (χ1) is 6.18. The topological polar surface area (TPSA) is 18.5 Å². The van der Waals surface area contributed by atoms with Crippen LogP contribution in [-0.4, -0.2) is 12.9 Å². The van der Waals surface area contributed by atoms with Crippen LogP contribution in [0, 0.1) is 5.41 Å². The van der Waals surface area contributed by atoms with E-state index in [1.165, 1.54) is 0 Å². The third kappa shape index (κ3) is 1.68. The van der Waals surface area contributed by atoms with Crippen LogP contribution in [0.5, 0.6) is 5.75 Å². The standard InChI is InChI=1S/C11H14O2/c1-11(2)8-12-10(11)13-9-6-4-3-5-7-9/h3-7,10H,8H2,1-2H3. The van der Waals surface area contributed by atoms with Gasteiger partial charge >= 0.3 is 0 Å². The summed E-state index contributed by atoms with van der Waals surface area (Å²) in [6.45, 7) is 5.07. The molecule has 0 saturated carbocycles. The van der Waals surface area contributed by atoms with Crippen LogP contribution < -0.4 is 4.74 Å². The monoisotopic (exact) mass is 178 g/mol. The first-order valence-corrected chi connectivity index (χ1v) is 4.52. The Labute approximate surface area is 78.5 Å². The fourth-order valence-electron chi connectivity index (χ4n) is 1.30. The van der Waals surface area contributed by atoms with Crippen molar-refractivity contribution in [1.29, 1.82) is 0 Å².